The summed E-state index contributed by atoms with van der Waals surface area (Å²) in [5.41, 5.74) is -16.3. The van der Waals surface area contributed by atoms with Gasteiger partial charge >= 0.3 is 48.2 Å². The van der Waals surface area contributed by atoms with Gasteiger partial charge in [0, 0.05) is 39.7 Å². The lowest BCUT2D eigenvalue weighted by atomic mass is 9.79. The van der Waals surface area contributed by atoms with Gasteiger partial charge in [-0.25, -0.2) is 8.78 Å². The molecule has 23 heteroatoms. The van der Waals surface area contributed by atoms with Crippen molar-refractivity contribution in [3.05, 3.63) is 141 Å². The first-order valence-corrected chi connectivity index (χ1v) is 20.3. The molecule has 6 rings (SSSR count). The second-order valence-electron chi connectivity index (χ2n) is 16.3. The van der Waals surface area contributed by atoms with E-state index >= 15 is 8.78 Å². The van der Waals surface area contributed by atoms with Gasteiger partial charge in [-0.2, -0.15) is 65.9 Å². The molecule has 0 spiro atoms. The van der Waals surface area contributed by atoms with E-state index in [0.717, 1.165) is 17.1 Å². The largest absolute Gasteiger partial charge is 0.487 e. The lowest BCUT2D eigenvalue weighted by Gasteiger charge is -2.41. The summed E-state index contributed by atoms with van der Waals surface area (Å²) in [4.78, 5) is 31.7. The molecule has 0 aliphatic rings. The first-order valence-electron chi connectivity index (χ1n) is 20.3. The molecule has 1 aromatic heterocycles. The first-order chi connectivity index (χ1) is 32.1. The summed E-state index contributed by atoms with van der Waals surface area (Å²) in [5, 5.41) is 0.303. The zero-order valence-corrected chi connectivity index (χ0v) is 36.6. The summed E-state index contributed by atoms with van der Waals surface area (Å²) in [7, 11) is 0. The van der Waals surface area contributed by atoms with Gasteiger partial charge in [-0.1, -0.05) is 72.3 Å². The third-order valence-electron chi connectivity index (χ3n) is 11.5. The fraction of sp³-hybridized carbons (Fsp3) is 0.319. The number of carbonyl (C=O) groups excluding carboxylic acids is 2. The van der Waals surface area contributed by atoms with Crippen LogP contribution < -0.4 is 5.48 Å². The van der Waals surface area contributed by atoms with E-state index in [4.69, 9.17) is 4.84 Å². The second kappa shape index (κ2) is 18.1. The third kappa shape index (κ3) is 9.11. The maximum atomic E-state index is 15.5. The van der Waals surface area contributed by atoms with Gasteiger partial charge in [0.2, 0.25) is 5.76 Å². The first kappa shape index (κ1) is 53.0. The highest BCUT2D eigenvalue weighted by Crippen LogP contribution is 2.63. The van der Waals surface area contributed by atoms with E-state index in [1.165, 1.54) is 48.5 Å². The zero-order valence-electron chi connectivity index (χ0n) is 36.6. The van der Waals surface area contributed by atoms with Crippen molar-refractivity contribution >= 4 is 44.3 Å². The maximum absolute atomic E-state index is 15.5. The highest BCUT2D eigenvalue weighted by atomic mass is 19.4. The molecule has 0 bridgehead atoms. The highest BCUT2D eigenvalue weighted by Gasteiger charge is 2.88. The smallest absolute Gasteiger partial charge is 0.449 e. The van der Waals surface area contributed by atoms with Crippen LogP contribution in [0.5, 0.6) is 0 Å². The lowest BCUT2D eigenvalue weighted by molar-refractivity contribution is -0.366. The fourth-order valence-corrected chi connectivity index (χ4v) is 8.59. The van der Waals surface area contributed by atoms with E-state index in [-0.39, 0.29) is 49.3 Å². The van der Waals surface area contributed by atoms with Crippen molar-refractivity contribution in [3.8, 4) is 0 Å². The minimum absolute atomic E-state index is 0.0106. The summed E-state index contributed by atoms with van der Waals surface area (Å²) >= 11 is 0. The molecule has 1 N–H and O–H groups in total. The molecule has 6 aromatic rings. The Morgan fingerprint density at radius 3 is 1.61 bits per heavy atom. The van der Waals surface area contributed by atoms with Crippen molar-refractivity contribution in [1.29, 1.82) is 0 Å². The Balaban J connectivity index is 1.69. The van der Waals surface area contributed by atoms with Crippen LogP contribution in [0.2, 0.25) is 0 Å². The molecule has 1 heterocycles. The number of rotatable bonds is 12. The molecule has 1 atom stereocenters. The van der Waals surface area contributed by atoms with Crippen LogP contribution in [0, 0.1) is 27.7 Å². The average Bonchev–Trinajstić information content (AvgIpc) is 3.53. The number of allylic oxidation sites excluding steroid dienone is 2. The number of nitrogens with one attached hydrogen (secondary N) is 1. The van der Waals surface area contributed by atoms with Crippen molar-refractivity contribution < 1.29 is 93.8 Å². The molecule has 1 unspecified atom stereocenters. The molecule has 0 aliphatic heterocycles. The number of ether oxygens (including phenoxy) is 1. The number of hydrogen-bond donors (Lipinski definition) is 1. The molecule has 70 heavy (non-hydrogen) atoms. The minimum Gasteiger partial charge on any atom is -0.487 e. The van der Waals surface area contributed by atoms with Crippen molar-refractivity contribution in [1.82, 2.24) is 10.0 Å². The van der Waals surface area contributed by atoms with E-state index in [1.807, 2.05) is 0 Å². The topological polar surface area (TPSA) is 69.6 Å². The van der Waals surface area contributed by atoms with E-state index in [9.17, 15) is 75.4 Å². The molecule has 0 amide bonds. The molecule has 376 valence electrons. The van der Waals surface area contributed by atoms with Gasteiger partial charge in [-0.3, -0.25) is 9.59 Å². The Morgan fingerprint density at radius 2 is 1.11 bits per heavy atom. The Labute approximate surface area is 384 Å². The van der Waals surface area contributed by atoms with Crippen LogP contribution in [-0.4, -0.2) is 65.1 Å². The summed E-state index contributed by atoms with van der Waals surface area (Å²) in [6.45, 7) is 4.45. The van der Waals surface area contributed by atoms with Crippen molar-refractivity contribution in [2.24, 2.45) is 0 Å². The number of aryl methyl sites for hydroxylation is 4. The predicted molar refractivity (Wildman–Crippen MR) is 220 cm³/mol. The Kier molecular flexibility index (Phi) is 13.7. The zero-order chi connectivity index (χ0) is 52.5. The number of hydroxylamine groups is 1. The second-order valence-corrected chi connectivity index (χ2v) is 16.3. The van der Waals surface area contributed by atoms with Crippen LogP contribution >= 0.6 is 0 Å². The Morgan fingerprint density at radius 1 is 0.600 bits per heavy atom. The van der Waals surface area contributed by atoms with Crippen LogP contribution in [0.1, 0.15) is 62.3 Å². The number of carbonyl (C=O) groups is 2. The SMILES string of the molecule is CC(=O)ONC(c1ccc2c(c1)c1cc(C(=O)c3c(C)cc(C)cc3C)c3ccccc3c1n2CCOC(=C(C(F)(C(F)(F)F)C(F)(F)F)C(F)(C(F)(F)F)C(F)(F)F)C(F)(F)F)c1ccccc1C. The quantitative estimate of drug-likeness (QED) is 0.0572. The van der Waals surface area contributed by atoms with Gasteiger partial charge in [0.1, 0.15) is 6.61 Å². The van der Waals surface area contributed by atoms with Crippen molar-refractivity contribution in [3.63, 3.8) is 0 Å². The predicted octanol–water partition coefficient (Wildman–Crippen LogP) is 14.1. The molecule has 0 saturated carbocycles. The van der Waals surface area contributed by atoms with E-state index < -0.39 is 84.5 Å². The number of hydrogen-bond acceptors (Lipinski definition) is 5. The summed E-state index contributed by atoms with van der Waals surface area (Å²) in [6.07, 6.45) is -40.0. The summed E-state index contributed by atoms with van der Waals surface area (Å²) in [5.74, 6) is -5.92. The average molecular weight is 1010 g/mol. The number of alkyl halides is 17. The molecule has 0 saturated heterocycles. The van der Waals surface area contributed by atoms with Gasteiger partial charge < -0.3 is 14.1 Å². The van der Waals surface area contributed by atoms with Crippen molar-refractivity contribution in [2.75, 3.05) is 6.61 Å². The molecule has 0 aliphatic carbocycles. The number of benzene rings is 5. The van der Waals surface area contributed by atoms with Gasteiger partial charge in [0.15, 0.2) is 5.78 Å². The van der Waals surface area contributed by atoms with Crippen LogP contribution in [-0.2, 0) is 20.9 Å². The molecule has 0 fully saturated rings. The number of ketones is 1. The van der Waals surface area contributed by atoms with Crippen LogP contribution in [0.3, 0.4) is 0 Å². The molecule has 5 aromatic carbocycles. The van der Waals surface area contributed by atoms with Gasteiger partial charge in [0.05, 0.1) is 23.7 Å². The van der Waals surface area contributed by atoms with E-state index in [2.05, 4.69) is 10.2 Å². The minimum atomic E-state index is -8.34. The number of aromatic nitrogens is 1. The number of halogens is 17. The molecule has 0 radical (unpaired) electrons. The van der Waals surface area contributed by atoms with E-state index in [1.54, 1.807) is 64.1 Å². The monoisotopic (exact) mass is 1010 g/mol. The van der Waals surface area contributed by atoms with Crippen LogP contribution in [0.15, 0.2) is 96.3 Å². The third-order valence-corrected chi connectivity index (χ3v) is 11.5. The Bertz CT molecular complexity index is 2960. The molecular weight excluding hydrogens is 979 g/mol. The number of nitrogens with zero attached hydrogens (tertiary/aromatic N) is 1. The lowest BCUT2D eigenvalue weighted by Crippen LogP contribution is -2.66. The van der Waals surface area contributed by atoms with Gasteiger partial charge in [-0.05, 0) is 79.1 Å². The van der Waals surface area contributed by atoms with Crippen LogP contribution in [0.4, 0.5) is 74.6 Å². The van der Waals surface area contributed by atoms with Gasteiger partial charge in [0.25, 0.3) is 0 Å². The maximum Gasteiger partial charge on any atom is 0.449 e. The van der Waals surface area contributed by atoms with E-state index in [0.29, 0.717) is 22.3 Å². The summed E-state index contributed by atoms with van der Waals surface area (Å²) < 4.78 is 248. The standard InChI is InChI=1S/C47H35F17N2O4/c1-22-18-24(3)35(25(4)19-22)38(68)33-21-32-31-20-27(36(65-70-26(5)67)28-11-7-6-10-23(28)2)14-15-34(31)66(37(32)30-13-9-8-12-29(30)33)16-17-69-40(43(50,51)52)39(41(48,44(53,54)55)45(56,57)58)42(49,46(59,60)61)47(62,63)64/h6-15,18-21,36,65H,16-17H2,1-5H3. The summed E-state index contributed by atoms with van der Waals surface area (Å²) in [6, 6.07) is 20.2. The molecule has 6 nitrogen and oxygen atoms in total. The number of fused-ring (bicyclic) bond motifs is 5. The fourth-order valence-electron chi connectivity index (χ4n) is 8.59. The van der Waals surface area contributed by atoms with Crippen molar-refractivity contribution in [2.45, 2.75) is 89.4 Å². The Hall–Kier alpha value is -6.39. The highest BCUT2D eigenvalue weighted by molar-refractivity contribution is 6.26. The normalized spacial score (nSPS) is 13.8. The molecular formula is C47H35F17N2O4. The van der Waals surface area contributed by atoms with Gasteiger partial charge in [-0.15, -0.1) is 5.48 Å². The van der Waals surface area contributed by atoms with Crippen LogP contribution in [0.25, 0.3) is 32.6 Å².